The lowest BCUT2D eigenvalue weighted by atomic mass is 10.0. The van der Waals surface area contributed by atoms with Crippen LogP contribution in [-0.4, -0.2) is 93.5 Å². The van der Waals surface area contributed by atoms with Gasteiger partial charge in [0.05, 0.1) is 25.4 Å². The van der Waals surface area contributed by atoms with Crippen molar-refractivity contribution >= 4 is 61.9 Å². The maximum Gasteiger partial charge on any atom is 0.342 e. The topological polar surface area (TPSA) is 81.7 Å². The van der Waals surface area contributed by atoms with Gasteiger partial charge in [-0.3, -0.25) is 0 Å². The maximum atomic E-state index is 13.4. The van der Waals surface area contributed by atoms with E-state index in [1.165, 1.54) is 12.7 Å². The zero-order chi connectivity index (χ0) is 64.6. The zero-order valence-electron chi connectivity index (χ0n) is 60.0. The van der Waals surface area contributed by atoms with Gasteiger partial charge in [0.1, 0.15) is 11.3 Å². The van der Waals surface area contributed by atoms with Crippen LogP contribution in [0.2, 0.25) is 107 Å². The number of rotatable bonds is 34. The molecule has 0 radical (unpaired) electrons. The fourth-order valence-corrected chi connectivity index (χ4v) is 24.1. The molecule has 0 aliphatic carbocycles. The number of benzene rings is 1. The lowest BCUT2D eigenvalue weighted by molar-refractivity contribution is 0.0590. The Bertz CT molecular complexity index is 2230. The summed E-state index contributed by atoms with van der Waals surface area (Å²) in [4.78, 5) is 13.4. The number of allylic oxidation sites excluding steroid dienone is 6. The van der Waals surface area contributed by atoms with Gasteiger partial charge in [-0.25, -0.2) is 4.79 Å². The average molecular weight is 1260 g/mol. The molecule has 0 aromatic heterocycles. The Morgan fingerprint density at radius 2 is 0.988 bits per heavy atom. The molecule has 0 aliphatic heterocycles. The Balaban J connectivity index is 3.86. The highest BCUT2D eigenvalue weighted by Gasteiger charge is 2.48. The van der Waals surface area contributed by atoms with E-state index in [0.717, 1.165) is 55.8 Å². The van der Waals surface area contributed by atoms with Gasteiger partial charge in [-0.1, -0.05) is 218 Å². The highest BCUT2D eigenvalue weighted by Crippen LogP contribution is 2.46. The summed E-state index contributed by atoms with van der Waals surface area (Å²) in [5.41, 5.74) is 3.57. The molecule has 0 spiro atoms. The molecule has 0 saturated heterocycles. The molecule has 0 bridgehead atoms. The van der Waals surface area contributed by atoms with Crippen molar-refractivity contribution in [3.63, 3.8) is 0 Å². The van der Waals surface area contributed by atoms with Crippen LogP contribution in [0.4, 0.5) is 0 Å². The third-order valence-electron chi connectivity index (χ3n) is 19.9. The number of ether oxygens (including phenoxy) is 1. The van der Waals surface area contributed by atoms with Crippen molar-refractivity contribution in [1.29, 1.82) is 0 Å². The van der Waals surface area contributed by atoms with Gasteiger partial charge in [-0.05, 0) is 158 Å². The molecule has 1 aromatic carbocycles. The van der Waals surface area contributed by atoms with Crippen LogP contribution in [0.5, 0.6) is 5.75 Å². The van der Waals surface area contributed by atoms with Crippen molar-refractivity contribution in [2.24, 2.45) is 0 Å². The number of methoxy groups -OCH3 is 1. The fraction of sp³-hybridized carbons (Fsp3) is 0.754. The number of hydrogen-bond acceptors (Lipinski definition) is 8. The highest BCUT2D eigenvalue weighted by molar-refractivity contribution is 6.78. The second-order valence-electron chi connectivity index (χ2n) is 31.4. The molecule has 5 atom stereocenters. The number of carbonyl (C=O) groups excluding carboxylic acids is 1. The van der Waals surface area contributed by atoms with E-state index in [1.54, 1.807) is 0 Å². The molecule has 1 rings (SSSR count). The van der Waals surface area contributed by atoms with Crippen LogP contribution in [0.3, 0.4) is 0 Å². The fourth-order valence-electron chi connectivity index (χ4n) is 10.5. The van der Waals surface area contributed by atoms with Gasteiger partial charge in [0.15, 0.2) is 41.6 Å². The van der Waals surface area contributed by atoms with Crippen LogP contribution in [0.25, 0.3) is 6.08 Å². The molecular weight excluding hydrogens is 1130 g/mol. The number of esters is 1. The van der Waals surface area contributed by atoms with E-state index in [-0.39, 0.29) is 50.7 Å². The van der Waals surface area contributed by atoms with E-state index >= 15 is 0 Å². The van der Waals surface area contributed by atoms with Gasteiger partial charge < -0.3 is 31.3 Å². The van der Waals surface area contributed by atoms with E-state index in [0.29, 0.717) is 27.9 Å². The van der Waals surface area contributed by atoms with Crippen LogP contribution in [0.15, 0.2) is 72.4 Å². The molecular formula is C69H132O8Si6. The molecule has 83 heavy (non-hydrogen) atoms. The largest absolute Gasteiger partial charge is 0.542 e. The Labute approximate surface area is 520 Å². The molecule has 480 valence electrons. The van der Waals surface area contributed by atoms with Crippen LogP contribution in [-0.2, 0) is 26.9 Å². The van der Waals surface area contributed by atoms with Crippen LogP contribution in [0.1, 0.15) is 207 Å². The lowest BCUT2D eigenvalue weighted by Gasteiger charge is -2.43. The first-order chi connectivity index (χ1) is 37.6. The zero-order valence-corrected chi connectivity index (χ0v) is 66.0. The van der Waals surface area contributed by atoms with E-state index in [9.17, 15) is 4.79 Å². The summed E-state index contributed by atoms with van der Waals surface area (Å²) in [6.07, 6.45) is 23.1. The summed E-state index contributed by atoms with van der Waals surface area (Å²) in [5.74, 6) is 0.217. The molecule has 0 saturated carbocycles. The monoisotopic (exact) mass is 1260 g/mol. The summed E-state index contributed by atoms with van der Waals surface area (Å²) in [6.45, 7) is 72.2. The van der Waals surface area contributed by atoms with E-state index in [4.69, 9.17) is 31.3 Å². The van der Waals surface area contributed by atoms with E-state index in [1.807, 2.05) is 42.5 Å². The molecule has 0 amide bonds. The molecule has 1 aromatic rings. The Morgan fingerprint density at radius 3 is 1.45 bits per heavy atom. The van der Waals surface area contributed by atoms with Crippen molar-refractivity contribution in [2.45, 2.75) is 329 Å². The number of hydrogen-bond donors (Lipinski definition) is 0. The second-order valence-corrected chi connectivity index (χ2v) is 60.6. The molecule has 8 nitrogen and oxygen atoms in total. The van der Waals surface area contributed by atoms with E-state index < -0.39 is 55.9 Å². The minimum atomic E-state index is -2.33. The predicted octanol–water partition coefficient (Wildman–Crippen LogP) is 22.6. The smallest absolute Gasteiger partial charge is 0.342 e. The Morgan fingerprint density at radius 1 is 0.542 bits per heavy atom. The van der Waals surface area contributed by atoms with Crippen LogP contribution >= 0.6 is 0 Å². The standard InChI is InChI=1S/C69H132O8Si6/c1-33-82(34-2,35-3)76-62(50-57(11)72-78(25,26)66(12,13)14)52-60(74-80(29,30)68(18,19)20)47-42-46-59(73-79(27,28)67(15,16)17)51-61(75-81(31,32)69(21,22)23)49-56(10)43-39-37-36-38-40-44-58-45-41-48-63(64(58)65(70)71-24)77-83(53(4)5,54(6)7)55(8)9/h36-46,48,53-55,57,59-62H,33-35,47,49-52H2,1-32H3/b38-36+,39-37+,44-40+,46-42+,56-43+/t57-,59-,60+,61+,62+/m1/s1. The Kier molecular flexibility index (Phi) is 31.2. The summed E-state index contributed by atoms with van der Waals surface area (Å²) in [6, 6.07) is 9.17. The molecule has 0 fully saturated rings. The first kappa shape index (κ1) is 79.3. The van der Waals surface area contributed by atoms with Gasteiger partial charge in [-0.2, -0.15) is 0 Å². The predicted molar refractivity (Wildman–Crippen MR) is 379 cm³/mol. The molecule has 0 aliphatic rings. The second kappa shape index (κ2) is 32.7. The van der Waals surface area contributed by atoms with Crippen molar-refractivity contribution in [2.75, 3.05) is 7.11 Å². The van der Waals surface area contributed by atoms with Gasteiger partial charge >= 0.3 is 5.97 Å². The van der Waals surface area contributed by atoms with Crippen LogP contribution in [0, 0.1) is 0 Å². The Hall–Kier alpha value is -1.71. The molecule has 0 heterocycles. The normalized spacial score (nSPS) is 16.6. The van der Waals surface area contributed by atoms with Crippen LogP contribution < -0.4 is 4.43 Å². The molecule has 0 unspecified atom stereocenters. The minimum absolute atomic E-state index is 0.0157. The third-order valence-corrected chi connectivity index (χ3v) is 48.8. The van der Waals surface area contributed by atoms with Gasteiger partial charge in [0.2, 0.25) is 0 Å². The molecule has 14 heteroatoms. The summed E-state index contributed by atoms with van der Waals surface area (Å²) in [5, 5.41) is 0.245. The maximum absolute atomic E-state index is 13.4. The van der Waals surface area contributed by atoms with Gasteiger partial charge in [0.25, 0.3) is 8.32 Å². The van der Waals surface area contributed by atoms with E-state index in [2.05, 4.69) is 242 Å². The van der Waals surface area contributed by atoms with Crippen molar-refractivity contribution in [3.8, 4) is 5.75 Å². The van der Waals surface area contributed by atoms with Crippen molar-refractivity contribution in [1.82, 2.24) is 0 Å². The minimum Gasteiger partial charge on any atom is -0.542 e. The SMILES string of the molecule is CC[Si](CC)(CC)O[C@H](C[C@H](C/C=C/[C@H](C[C@H](C/C(C)=C/C=C/C=C/C=C/c1cccc(O[Si](C(C)C)(C(C)C)C(C)C)c1C(=O)OC)O[Si](C)(C)C(C)(C)C)O[Si](C)(C)C(C)(C)C)O[Si](C)(C)C(C)(C)C)C[C@@H](C)O[Si](C)(C)C(C)(C)C. The summed E-state index contributed by atoms with van der Waals surface area (Å²) in [7, 11) is -11.5. The van der Waals surface area contributed by atoms with Gasteiger partial charge in [-0.15, -0.1) is 0 Å². The third kappa shape index (κ3) is 24.0. The summed E-state index contributed by atoms with van der Waals surface area (Å²) < 4.78 is 49.4. The first-order valence-electron chi connectivity index (χ1n) is 32.3. The quantitative estimate of drug-likeness (QED) is 0.0292. The van der Waals surface area contributed by atoms with Crippen molar-refractivity contribution < 1.29 is 36.1 Å². The summed E-state index contributed by atoms with van der Waals surface area (Å²) >= 11 is 0. The molecule has 0 N–H and O–H groups in total. The van der Waals surface area contributed by atoms with Gasteiger partial charge in [0, 0.05) is 18.6 Å². The number of carbonyl (C=O) groups is 1. The first-order valence-corrected chi connectivity index (χ1v) is 48.6. The average Bonchev–Trinajstić information content (AvgIpc) is 3.40. The van der Waals surface area contributed by atoms with Crippen molar-refractivity contribution in [3.05, 3.63) is 83.5 Å². The lowest BCUT2D eigenvalue weighted by Crippen LogP contribution is -2.51. The highest BCUT2D eigenvalue weighted by atomic mass is 28.4.